The lowest BCUT2D eigenvalue weighted by atomic mass is 9.84. The van der Waals surface area contributed by atoms with Gasteiger partial charge in [-0.05, 0) is 11.1 Å². The molecule has 0 unspecified atom stereocenters. The lowest BCUT2D eigenvalue weighted by Crippen LogP contribution is -2.68. The van der Waals surface area contributed by atoms with Crippen molar-refractivity contribution >= 4 is 5.78 Å². The first-order valence-electron chi connectivity index (χ1n) is 8.69. The Hall–Kier alpha value is -2.66. The Labute approximate surface area is 173 Å². The van der Waals surface area contributed by atoms with E-state index in [0.717, 1.165) is 0 Å². The predicted molar refractivity (Wildman–Crippen MR) is 90.2 cm³/mol. The number of alkyl halides is 11. The third-order valence-corrected chi connectivity index (χ3v) is 4.68. The molecule has 0 spiro atoms. The molecular formula is C20H13F11O. The van der Waals surface area contributed by atoms with Crippen molar-refractivity contribution in [3.05, 3.63) is 71.8 Å². The van der Waals surface area contributed by atoms with Gasteiger partial charge in [-0.25, -0.2) is 0 Å². The Kier molecular flexibility index (Phi) is 6.69. The molecule has 176 valence electrons. The molecule has 32 heavy (non-hydrogen) atoms. The molecule has 0 amide bonds. The highest BCUT2D eigenvalue weighted by Crippen LogP contribution is 2.57. The minimum atomic E-state index is -7.62. The second-order valence-electron chi connectivity index (χ2n) is 6.80. The molecule has 0 N–H and O–H groups in total. The first kappa shape index (κ1) is 25.6. The van der Waals surface area contributed by atoms with E-state index in [1.807, 2.05) is 0 Å². The second kappa shape index (κ2) is 8.36. The number of benzene rings is 2. The molecule has 2 rings (SSSR count). The minimum absolute atomic E-state index is 0.110. The molecule has 0 saturated heterocycles. The fraction of sp³-hybridized carbons (Fsp3) is 0.350. The summed E-state index contributed by atoms with van der Waals surface area (Å²) in [6.45, 7) is 0. The van der Waals surface area contributed by atoms with E-state index in [2.05, 4.69) is 0 Å². The molecule has 0 aliphatic carbocycles. The summed E-state index contributed by atoms with van der Waals surface area (Å²) in [4.78, 5) is 12.0. The predicted octanol–water partition coefficient (Wildman–Crippen LogP) is 6.88. The van der Waals surface area contributed by atoms with Crippen LogP contribution in [-0.2, 0) is 4.79 Å². The summed E-state index contributed by atoms with van der Waals surface area (Å²) in [5.74, 6) is -33.4. The van der Waals surface area contributed by atoms with E-state index in [4.69, 9.17) is 0 Å². The Bertz CT molecular complexity index is 882. The normalized spacial score (nSPS) is 14.0. The number of Topliss-reactive ketones (excluding diaryl/α,β-unsaturated/α-hetero) is 1. The molecule has 1 nitrogen and oxygen atoms in total. The summed E-state index contributed by atoms with van der Waals surface area (Å²) in [5, 5.41) is 0. The van der Waals surface area contributed by atoms with Gasteiger partial charge in [0.2, 0.25) is 5.78 Å². The fourth-order valence-corrected chi connectivity index (χ4v) is 2.86. The molecule has 2 aromatic rings. The number of ketones is 1. The number of rotatable bonds is 8. The average molecular weight is 478 g/mol. The topological polar surface area (TPSA) is 17.1 Å². The monoisotopic (exact) mass is 478 g/mol. The SMILES string of the molecule is O=C(CC(c1ccccc1)c1ccccc1)C(F)(F)C(F)(F)C(F)(F)C(F)(F)C(F)(F)F. The third-order valence-electron chi connectivity index (χ3n) is 4.68. The van der Waals surface area contributed by atoms with Gasteiger partial charge in [0.05, 0.1) is 0 Å². The van der Waals surface area contributed by atoms with Gasteiger partial charge in [0.15, 0.2) is 0 Å². The molecule has 0 aliphatic rings. The zero-order valence-corrected chi connectivity index (χ0v) is 15.6. The Balaban J connectivity index is 2.47. The smallest absolute Gasteiger partial charge is 0.293 e. The van der Waals surface area contributed by atoms with Crippen molar-refractivity contribution in [2.45, 2.75) is 42.2 Å². The molecule has 0 saturated carbocycles. The van der Waals surface area contributed by atoms with E-state index in [-0.39, 0.29) is 11.1 Å². The quantitative estimate of drug-likeness (QED) is 0.378. The zero-order valence-electron chi connectivity index (χ0n) is 15.6. The van der Waals surface area contributed by atoms with Crippen LogP contribution in [0.4, 0.5) is 48.3 Å². The van der Waals surface area contributed by atoms with Gasteiger partial charge in [-0.3, -0.25) is 4.79 Å². The van der Waals surface area contributed by atoms with Crippen molar-refractivity contribution in [1.82, 2.24) is 0 Å². The van der Waals surface area contributed by atoms with Gasteiger partial charge in [-0.1, -0.05) is 60.7 Å². The van der Waals surface area contributed by atoms with Crippen molar-refractivity contribution in [2.75, 3.05) is 0 Å². The lowest BCUT2D eigenvalue weighted by Gasteiger charge is -2.37. The van der Waals surface area contributed by atoms with Crippen molar-refractivity contribution in [3.8, 4) is 0 Å². The van der Waals surface area contributed by atoms with E-state index in [1.165, 1.54) is 60.7 Å². The highest BCUT2D eigenvalue weighted by atomic mass is 19.4. The molecule has 0 aliphatic heterocycles. The molecule has 0 fully saturated rings. The van der Waals surface area contributed by atoms with Crippen molar-refractivity contribution in [3.63, 3.8) is 0 Å². The van der Waals surface area contributed by atoms with Gasteiger partial charge in [-0.2, -0.15) is 48.3 Å². The maximum atomic E-state index is 14.1. The molecule has 0 bridgehead atoms. The lowest BCUT2D eigenvalue weighted by molar-refractivity contribution is -0.416. The zero-order chi connectivity index (χ0) is 24.6. The number of hydrogen-bond donors (Lipinski definition) is 0. The maximum Gasteiger partial charge on any atom is 0.460 e. The van der Waals surface area contributed by atoms with E-state index < -0.39 is 48.0 Å². The van der Waals surface area contributed by atoms with E-state index >= 15 is 0 Å². The molecular weight excluding hydrogens is 465 g/mol. The molecule has 0 atom stereocenters. The Morgan fingerprint density at radius 1 is 0.594 bits per heavy atom. The fourth-order valence-electron chi connectivity index (χ4n) is 2.86. The highest BCUT2D eigenvalue weighted by Gasteiger charge is 2.88. The summed E-state index contributed by atoms with van der Waals surface area (Å²) < 4.78 is 145. The van der Waals surface area contributed by atoms with Crippen LogP contribution >= 0.6 is 0 Å². The summed E-state index contributed by atoms with van der Waals surface area (Å²) in [6.07, 6.45) is -8.86. The van der Waals surface area contributed by atoms with Gasteiger partial charge < -0.3 is 0 Å². The van der Waals surface area contributed by atoms with Crippen LogP contribution in [0, 0.1) is 0 Å². The van der Waals surface area contributed by atoms with Crippen LogP contribution in [-0.4, -0.2) is 35.6 Å². The number of hydrogen-bond acceptors (Lipinski definition) is 1. The first-order valence-corrected chi connectivity index (χ1v) is 8.69. The number of carbonyl (C=O) groups is 1. The molecule has 0 aromatic heterocycles. The van der Waals surface area contributed by atoms with Crippen LogP contribution in [0.3, 0.4) is 0 Å². The number of halogens is 11. The van der Waals surface area contributed by atoms with Crippen LogP contribution in [0.25, 0.3) is 0 Å². The molecule has 0 radical (unpaired) electrons. The highest BCUT2D eigenvalue weighted by molar-refractivity contribution is 5.88. The second-order valence-corrected chi connectivity index (χ2v) is 6.80. The van der Waals surface area contributed by atoms with Crippen molar-refractivity contribution in [2.24, 2.45) is 0 Å². The van der Waals surface area contributed by atoms with Crippen molar-refractivity contribution < 1.29 is 53.1 Å². The summed E-state index contributed by atoms with van der Waals surface area (Å²) >= 11 is 0. The summed E-state index contributed by atoms with van der Waals surface area (Å²) in [7, 11) is 0. The summed E-state index contributed by atoms with van der Waals surface area (Å²) in [6, 6.07) is 13.7. The molecule has 0 heterocycles. The maximum absolute atomic E-state index is 14.1. The van der Waals surface area contributed by atoms with Crippen LogP contribution < -0.4 is 0 Å². The molecule has 12 heteroatoms. The van der Waals surface area contributed by atoms with Gasteiger partial charge in [-0.15, -0.1) is 0 Å². The van der Waals surface area contributed by atoms with Crippen molar-refractivity contribution in [1.29, 1.82) is 0 Å². The largest absolute Gasteiger partial charge is 0.460 e. The van der Waals surface area contributed by atoms with Crippen LogP contribution in [0.2, 0.25) is 0 Å². The van der Waals surface area contributed by atoms with E-state index in [1.54, 1.807) is 0 Å². The first-order chi connectivity index (χ1) is 14.5. The van der Waals surface area contributed by atoms with Gasteiger partial charge >= 0.3 is 29.9 Å². The number of carbonyl (C=O) groups excluding carboxylic acids is 1. The van der Waals surface area contributed by atoms with Crippen LogP contribution in [0.5, 0.6) is 0 Å². The van der Waals surface area contributed by atoms with Gasteiger partial charge in [0.1, 0.15) is 0 Å². The van der Waals surface area contributed by atoms with Crippen LogP contribution in [0.15, 0.2) is 60.7 Å². The molecule has 2 aromatic carbocycles. The van der Waals surface area contributed by atoms with Crippen LogP contribution in [0.1, 0.15) is 23.5 Å². The van der Waals surface area contributed by atoms with E-state index in [9.17, 15) is 53.1 Å². The van der Waals surface area contributed by atoms with E-state index in [0.29, 0.717) is 0 Å². The Morgan fingerprint density at radius 3 is 1.31 bits per heavy atom. The summed E-state index contributed by atoms with van der Waals surface area (Å²) in [5.41, 5.74) is 0.220. The van der Waals surface area contributed by atoms with Gasteiger partial charge in [0, 0.05) is 12.3 Å². The minimum Gasteiger partial charge on any atom is -0.293 e. The standard InChI is InChI=1S/C20H13F11O/c21-16(22,17(23,24)18(25,26)19(27,28)20(29,30)31)15(32)11-14(12-7-3-1-4-8-12)13-9-5-2-6-10-13/h1-10,14H,11H2. The third kappa shape index (κ3) is 4.18. The average Bonchev–Trinajstić information content (AvgIpc) is 2.71. The van der Waals surface area contributed by atoms with Gasteiger partial charge in [0.25, 0.3) is 0 Å². The Morgan fingerprint density at radius 2 is 0.969 bits per heavy atom.